The van der Waals surface area contributed by atoms with Gasteiger partial charge in [-0.15, -0.1) is 0 Å². The smallest absolute Gasteiger partial charge is 0.231 e. The van der Waals surface area contributed by atoms with Gasteiger partial charge in [0.1, 0.15) is 5.75 Å². The largest absolute Gasteiger partial charge is 0.492 e. The second-order valence-electron chi connectivity index (χ2n) is 4.97. The van der Waals surface area contributed by atoms with Crippen molar-refractivity contribution in [2.75, 3.05) is 18.7 Å². The van der Waals surface area contributed by atoms with Gasteiger partial charge >= 0.3 is 0 Å². The fourth-order valence-corrected chi connectivity index (χ4v) is 2.30. The molecule has 110 valence electrons. The molecule has 0 fully saturated rings. The Balaban J connectivity index is 1.72. The minimum absolute atomic E-state index is 0.304. The van der Waals surface area contributed by atoms with Gasteiger partial charge in [-0.3, -0.25) is 0 Å². The highest BCUT2D eigenvalue weighted by molar-refractivity contribution is 5.58. The van der Waals surface area contributed by atoms with Gasteiger partial charge in [0.25, 0.3) is 0 Å². The summed E-state index contributed by atoms with van der Waals surface area (Å²) in [6.45, 7) is 5.72. The Bertz CT molecular complexity index is 640. The summed E-state index contributed by atoms with van der Waals surface area (Å²) >= 11 is 0. The quantitative estimate of drug-likeness (QED) is 0.908. The number of hydrogen-bond donors (Lipinski definition) is 1. The average Bonchev–Trinajstić information content (AvgIpc) is 2.94. The molecule has 21 heavy (non-hydrogen) atoms. The van der Waals surface area contributed by atoms with E-state index in [4.69, 9.17) is 14.2 Å². The van der Waals surface area contributed by atoms with Gasteiger partial charge in [-0.05, 0) is 49.2 Å². The Morgan fingerprint density at radius 3 is 2.81 bits per heavy atom. The lowest BCUT2D eigenvalue weighted by Gasteiger charge is -2.13. The summed E-state index contributed by atoms with van der Waals surface area (Å²) in [6.07, 6.45) is 0. The summed E-state index contributed by atoms with van der Waals surface area (Å²) < 4.78 is 16.4. The molecule has 0 radical (unpaired) electrons. The summed E-state index contributed by atoms with van der Waals surface area (Å²) in [7, 11) is 0. The lowest BCUT2D eigenvalue weighted by Crippen LogP contribution is -2.03. The van der Waals surface area contributed by atoms with E-state index in [2.05, 4.69) is 18.3 Å². The van der Waals surface area contributed by atoms with Crippen LogP contribution in [0.3, 0.4) is 0 Å². The normalized spacial score (nSPS) is 12.3. The first-order chi connectivity index (χ1) is 10.3. The molecule has 2 aromatic rings. The van der Waals surface area contributed by atoms with Crippen molar-refractivity contribution in [1.82, 2.24) is 0 Å². The maximum Gasteiger partial charge on any atom is 0.231 e. The van der Waals surface area contributed by atoms with Crippen molar-refractivity contribution in [3.05, 3.63) is 47.5 Å². The zero-order chi connectivity index (χ0) is 14.7. The van der Waals surface area contributed by atoms with Crippen LogP contribution < -0.4 is 19.5 Å². The van der Waals surface area contributed by atoms with Gasteiger partial charge in [-0.25, -0.2) is 0 Å². The van der Waals surface area contributed by atoms with Gasteiger partial charge in [-0.1, -0.05) is 12.1 Å². The molecule has 0 unspecified atom stereocenters. The van der Waals surface area contributed by atoms with Gasteiger partial charge in [0.05, 0.1) is 12.3 Å². The predicted octanol–water partition coefficient (Wildman–Crippen LogP) is 3.73. The first-order valence-corrected chi connectivity index (χ1v) is 7.12. The first-order valence-electron chi connectivity index (χ1n) is 7.12. The van der Waals surface area contributed by atoms with Gasteiger partial charge in [-0.2, -0.15) is 0 Å². The van der Waals surface area contributed by atoms with E-state index in [1.54, 1.807) is 0 Å². The second-order valence-corrected chi connectivity index (χ2v) is 4.97. The second kappa shape index (κ2) is 5.95. The zero-order valence-electron chi connectivity index (χ0n) is 12.3. The van der Waals surface area contributed by atoms with Crippen LogP contribution in [-0.2, 0) is 6.54 Å². The summed E-state index contributed by atoms with van der Waals surface area (Å²) in [5.41, 5.74) is 3.33. The Kier molecular flexibility index (Phi) is 3.86. The number of fused-ring (bicyclic) bond motifs is 1. The van der Waals surface area contributed by atoms with Crippen LogP contribution >= 0.6 is 0 Å². The molecule has 0 saturated carbocycles. The molecule has 0 aromatic heterocycles. The lowest BCUT2D eigenvalue weighted by atomic mass is 10.1. The minimum atomic E-state index is 0.304. The fourth-order valence-electron chi connectivity index (χ4n) is 2.30. The molecule has 0 saturated heterocycles. The minimum Gasteiger partial charge on any atom is -0.492 e. The number of nitrogens with one attached hydrogen (secondary N) is 1. The van der Waals surface area contributed by atoms with Gasteiger partial charge in [0.15, 0.2) is 11.5 Å². The van der Waals surface area contributed by atoms with Crippen molar-refractivity contribution in [3.8, 4) is 17.2 Å². The number of hydrogen-bond acceptors (Lipinski definition) is 4. The molecule has 4 nitrogen and oxygen atoms in total. The molecular weight excluding hydrogens is 266 g/mol. The van der Waals surface area contributed by atoms with E-state index in [-0.39, 0.29) is 0 Å². The molecule has 0 atom stereocenters. The maximum absolute atomic E-state index is 5.67. The number of benzene rings is 2. The molecule has 1 heterocycles. The molecular formula is C17H19NO3. The summed E-state index contributed by atoms with van der Waals surface area (Å²) in [4.78, 5) is 0. The number of aryl methyl sites for hydroxylation is 1. The van der Waals surface area contributed by atoms with Crippen molar-refractivity contribution >= 4 is 5.69 Å². The standard InChI is InChI=1S/C17H19NO3/c1-3-19-16-8-12(2)4-6-14(16)18-10-13-5-7-15-17(9-13)21-11-20-15/h4-9,18H,3,10-11H2,1-2H3. The molecule has 3 rings (SSSR count). The molecule has 0 spiro atoms. The molecule has 4 heteroatoms. The van der Waals surface area contributed by atoms with Crippen LogP contribution in [0.1, 0.15) is 18.1 Å². The van der Waals surface area contributed by atoms with Crippen LogP contribution in [0.5, 0.6) is 17.2 Å². The van der Waals surface area contributed by atoms with Crippen molar-refractivity contribution in [2.45, 2.75) is 20.4 Å². The number of rotatable bonds is 5. The molecule has 1 aliphatic heterocycles. The number of ether oxygens (including phenoxy) is 3. The van der Waals surface area contributed by atoms with Crippen LogP contribution in [-0.4, -0.2) is 13.4 Å². The van der Waals surface area contributed by atoms with Crippen LogP contribution in [0.15, 0.2) is 36.4 Å². The summed E-state index contributed by atoms with van der Waals surface area (Å²) in [5, 5.41) is 3.41. The van der Waals surface area contributed by atoms with Crippen molar-refractivity contribution in [2.24, 2.45) is 0 Å². The monoisotopic (exact) mass is 285 g/mol. The molecule has 2 aromatic carbocycles. The van der Waals surface area contributed by atoms with E-state index in [0.29, 0.717) is 19.9 Å². The van der Waals surface area contributed by atoms with Crippen LogP contribution in [0.2, 0.25) is 0 Å². The highest BCUT2D eigenvalue weighted by Crippen LogP contribution is 2.33. The third kappa shape index (κ3) is 3.05. The molecule has 0 amide bonds. The average molecular weight is 285 g/mol. The van der Waals surface area contributed by atoms with Crippen LogP contribution in [0.4, 0.5) is 5.69 Å². The lowest BCUT2D eigenvalue weighted by molar-refractivity contribution is 0.174. The highest BCUT2D eigenvalue weighted by Gasteiger charge is 2.13. The Morgan fingerprint density at radius 1 is 1.10 bits per heavy atom. The topological polar surface area (TPSA) is 39.7 Å². The van der Waals surface area contributed by atoms with Crippen molar-refractivity contribution in [3.63, 3.8) is 0 Å². The van der Waals surface area contributed by atoms with E-state index in [1.807, 2.05) is 37.3 Å². The Labute approximate surface area is 124 Å². The van der Waals surface area contributed by atoms with Gasteiger partial charge in [0, 0.05) is 6.54 Å². The van der Waals surface area contributed by atoms with Gasteiger partial charge < -0.3 is 19.5 Å². The number of anilines is 1. The SMILES string of the molecule is CCOc1cc(C)ccc1NCc1ccc2c(c1)OCO2. The van der Waals surface area contributed by atoms with E-state index in [0.717, 1.165) is 28.5 Å². The molecule has 1 aliphatic rings. The van der Waals surface area contributed by atoms with E-state index in [1.165, 1.54) is 5.56 Å². The van der Waals surface area contributed by atoms with Crippen LogP contribution in [0, 0.1) is 6.92 Å². The maximum atomic E-state index is 5.67. The van der Waals surface area contributed by atoms with E-state index in [9.17, 15) is 0 Å². The summed E-state index contributed by atoms with van der Waals surface area (Å²) in [6, 6.07) is 12.2. The molecule has 0 aliphatic carbocycles. The Morgan fingerprint density at radius 2 is 1.95 bits per heavy atom. The van der Waals surface area contributed by atoms with Crippen molar-refractivity contribution < 1.29 is 14.2 Å². The fraction of sp³-hybridized carbons (Fsp3) is 0.294. The zero-order valence-corrected chi connectivity index (χ0v) is 12.3. The van der Waals surface area contributed by atoms with Crippen LogP contribution in [0.25, 0.3) is 0 Å². The third-order valence-corrected chi connectivity index (χ3v) is 3.36. The Hall–Kier alpha value is -2.36. The summed E-state index contributed by atoms with van der Waals surface area (Å²) in [5.74, 6) is 2.51. The predicted molar refractivity (Wildman–Crippen MR) is 82.2 cm³/mol. The van der Waals surface area contributed by atoms with Crippen molar-refractivity contribution in [1.29, 1.82) is 0 Å². The van der Waals surface area contributed by atoms with E-state index < -0.39 is 0 Å². The van der Waals surface area contributed by atoms with Gasteiger partial charge in [0.2, 0.25) is 6.79 Å². The molecule has 1 N–H and O–H groups in total. The highest BCUT2D eigenvalue weighted by atomic mass is 16.7. The molecule has 0 bridgehead atoms. The third-order valence-electron chi connectivity index (χ3n) is 3.36. The first kappa shape index (κ1) is 13.6. The van der Waals surface area contributed by atoms with E-state index >= 15 is 0 Å².